The summed E-state index contributed by atoms with van der Waals surface area (Å²) in [6.07, 6.45) is 2.35. The van der Waals surface area contributed by atoms with Crippen LogP contribution in [0.2, 0.25) is 0 Å². The van der Waals surface area contributed by atoms with Gasteiger partial charge in [0.1, 0.15) is 6.10 Å². The molecule has 3 atom stereocenters. The highest BCUT2D eigenvalue weighted by Gasteiger charge is 2.27. The Morgan fingerprint density at radius 1 is 1.50 bits per heavy atom. The van der Waals surface area contributed by atoms with Gasteiger partial charge < -0.3 is 4.74 Å². The van der Waals surface area contributed by atoms with Gasteiger partial charge in [-0.2, -0.15) is 0 Å². The SMILES string of the molecule is CC(=O)O[C@@H]1CC(N=[N+]=[N-])C[C@H](C)C1. The third-order valence-electron chi connectivity index (χ3n) is 2.42. The minimum absolute atomic E-state index is 0.0203. The molecule has 0 aliphatic heterocycles. The van der Waals surface area contributed by atoms with E-state index in [2.05, 4.69) is 16.9 Å². The van der Waals surface area contributed by atoms with Crippen molar-refractivity contribution in [1.29, 1.82) is 0 Å². The second kappa shape index (κ2) is 4.86. The van der Waals surface area contributed by atoms with Crippen LogP contribution in [-0.2, 0) is 9.53 Å². The zero-order valence-electron chi connectivity index (χ0n) is 8.51. The fraction of sp³-hybridized carbons (Fsp3) is 0.889. The van der Waals surface area contributed by atoms with Crippen molar-refractivity contribution < 1.29 is 9.53 Å². The predicted octanol–water partition coefficient (Wildman–Crippen LogP) is 2.42. The summed E-state index contributed by atoms with van der Waals surface area (Å²) >= 11 is 0. The molecule has 1 aliphatic rings. The van der Waals surface area contributed by atoms with Gasteiger partial charge in [0.15, 0.2) is 0 Å². The van der Waals surface area contributed by atoms with Crippen LogP contribution in [0, 0.1) is 5.92 Å². The van der Waals surface area contributed by atoms with E-state index in [0.29, 0.717) is 12.3 Å². The molecule has 1 unspecified atom stereocenters. The van der Waals surface area contributed by atoms with Crippen LogP contribution >= 0.6 is 0 Å². The highest BCUT2D eigenvalue weighted by molar-refractivity contribution is 5.66. The number of hydrogen-bond acceptors (Lipinski definition) is 3. The highest BCUT2D eigenvalue weighted by Crippen LogP contribution is 2.28. The average Bonchev–Trinajstić information content (AvgIpc) is 2.01. The fourth-order valence-electron chi connectivity index (χ4n) is 2.00. The second-order valence-electron chi connectivity index (χ2n) is 3.90. The van der Waals surface area contributed by atoms with Crippen molar-refractivity contribution >= 4 is 5.97 Å². The molecule has 0 aromatic carbocycles. The van der Waals surface area contributed by atoms with E-state index in [-0.39, 0.29) is 18.1 Å². The summed E-state index contributed by atoms with van der Waals surface area (Å²) in [5, 5.41) is 3.68. The van der Waals surface area contributed by atoms with Gasteiger partial charge in [-0.15, -0.1) is 0 Å². The standard InChI is InChI=1S/C9H15N3O2/c1-6-3-8(11-12-10)5-9(4-6)14-7(2)13/h6,8-9H,3-5H2,1-2H3/t6-,8?,9-/m0/s1. The molecule has 1 rings (SSSR count). The first-order valence-corrected chi connectivity index (χ1v) is 4.83. The number of rotatable bonds is 2. The van der Waals surface area contributed by atoms with E-state index in [9.17, 15) is 4.79 Å². The van der Waals surface area contributed by atoms with Gasteiger partial charge in [0.05, 0.1) is 0 Å². The van der Waals surface area contributed by atoms with Crippen molar-refractivity contribution in [3.63, 3.8) is 0 Å². The van der Waals surface area contributed by atoms with Crippen LogP contribution in [0.5, 0.6) is 0 Å². The molecule has 0 bridgehead atoms. The van der Waals surface area contributed by atoms with Gasteiger partial charge in [-0.1, -0.05) is 12.0 Å². The fourth-order valence-corrected chi connectivity index (χ4v) is 2.00. The average molecular weight is 197 g/mol. The Labute approximate surface area is 83.1 Å². The predicted molar refractivity (Wildman–Crippen MR) is 51.5 cm³/mol. The van der Waals surface area contributed by atoms with E-state index in [0.717, 1.165) is 12.8 Å². The molecule has 0 N–H and O–H groups in total. The van der Waals surface area contributed by atoms with E-state index >= 15 is 0 Å². The van der Waals surface area contributed by atoms with E-state index in [1.165, 1.54) is 6.92 Å². The smallest absolute Gasteiger partial charge is 0.302 e. The molecule has 1 aliphatic carbocycles. The Bertz CT molecular complexity index is 261. The van der Waals surface area contributed by atoms with Crippen molar-refractivity contribution in [1.82, 2.24) is 0 Å². The molecule has 0 saturated heterocycles. The molecule has 0 radical (unpaired) electrons. The maximum Gasteiger partial charge on any atom is 0.302 e. The van der Waals surface area contributed by atoms with Crippen LogP contribution in [0.4, 0.5) is 0 Å². The number of carbonyl (C=O) groups is 1. The van der Waals surface area contributed by atoms with Gasteiger partial charge in [0.2, 0.25) is 0 Å². The lowest BCUT2D eigenvalue weighted by Crippen LogP contribution is -2.30. The summed E-state index contributed by atoms with van der Waals surface area (Å²) in [7, 11) is 0. The quantitative estimate of drug-likeness (QED) is 0.295. The lowest BCUT2D eigenvalue weighted by molar-refractivity contribution is -0.148. The molecule has 1 saturated carbocycles. The number of ether oxygens (including phenoxy) is 1. The van der Waals surface area contributed by atoms with E-state index in [1.54, 1.807) is 0 Å². The van der Waals surface area contributed by atoms with Gasteiger partial charge in [-0.25, -0.2) is 0 Å². The molecule has 78 valence electrons. The number of carbonyl (C=O) groups excluding carboxylic acids is 1. The van der Waals surface area contributed by atoms with E-state index in [1.807, 2.05) is 0 Å². The molecule has 14 heavy (non-hydrogen) atoms. The van der Waals surface area contributed by atoms with Gasteiger partial charge in [0, 0.05) is 17.9 Å². The largest absolute Gasteiger partial charge is 0.463 e. The summed E-state index contributed by atoms with van der Waals surface area (Å²) in [5.41, 5.74) is 8.32. The Morgan fingerprint density at radius 2 is 2.21 bits per heavy atom. The van der Waals surface area contributed by atoms with Crippen molar-refractivity contribution in [2.45, 2.75) is 45.3 Å². The summed E-state index contributed by atoms with van der Waals surface area (Å²) in [4.78, 5) is 13.5. The zero-order valence-corrected chi connectivity index (χ0v) is 8.51. The highest BCUT2D eigenvalue weighted by atomic mass is 16.5. The van der Waals surface area contributed by atoms with Gasteiger partial charge in [-0.05, 0) is 30.7 Å². The molecule has 0 aromatic rings. The second-order valence-corrected chi connectivity index (χ2v) is 3.90. The molecule has 0 amide bonds. The molecule has 5 heteroatoms. The Balaban J connectivity index is 2.53. The normalized spacial score (nSPS) is 31.7. The van der Waals surface area contributed by atoms with Crippen LogP contribution in [0.3, 0.4) is 0 Å². The summed E-state index contributed by atoms with van der Waals surface area (Å²) in [5.74, 6) is 0.187. The van der Waals surface area contributed by atoms with Crippen molar-refractivity contribution in [3.8, 4) is 0 Å². The third-order valence-corrected chi connectivity index (χ3v) is 2.42. The number of nitrogens with zero attached hydrogens (tertiary/aromatic N) is 3. The lowest BCUT2D eigenvalue weighted by atomic mass is 9.85. The summed E-state index contributed by atoms with van der Waals surface area (Å²) in [6, 6.07) is -0.0203. The number of hydrogen-bond donors (Lipinski definition) is 0. The number of azide groups is 1. The molecule has 0 heterocycles. The van der Waals surface area contributed by atoms with Crippen LogP contribution in [0.25, 0.3) is 10.4 Å². The first-order chi connectivity index (χ1) is 6.61. The van der Waals surface area contributed by atoms with Crippen molar-refractivity contribution in [3.05, 3.63) is 10.4 Å². The third kappa shape index (κ3) is 3.26. The van der Waals surface area contributed by atoms with Crippen LogP contribution in [0.1, 0.15) is 33.1 Å². The molecular formula is C9H15N3O2. The van der Waals surface area contributed by atoms with Crippen LogP contribution in [0.15, 0.2) is 5.11 Å². The Kier molecular flexibility index (Phi) is 3.77. The van der Waals surface area contributed by atoms with Crippen molar-refractivity contribution in [2.24, 2.45) is 11.0 Å². The molecule has 1 fully saturated rings. The summed E-state index contributed by atoms with van der Waals surface area (Å²) in [6.45, 7) is 3.48. The van der Waals surface area contributed by atoms with Crippen LogP contribution in [-0.4, -0.2) is 18.1 Å². The minimum atomic E-state index is -0.260. The maximum atomic E-state index is 10.8. The number of esters is 1. The minimum Gasteiger partial charge on any atom is -0.463 e. The summed E-state index contributed by atoms with van der Waals surface area (Å²) < 4.78 is 5.12. The zero-order chi connectivity index (χ0) is 10.6. The van der Waals surface area contributed by atoms with Gasteiger partial charge >= 0.3 is 5.97 Å². The first kappa shape index (κ1) is 10.9. The lowest BCUT2D eigenvalue weighted by Gasteiger charge is -2.30. The van der Waals surface area contributed by atoms with Crippen molar-refractivity contribution in [2.75, 3.05) is 0 Å². The van der Waals surface area contributed by atoms with E-state index < -0.39 is 0 Å². The molecule has 0 aromatic heterocycles. The van der Waals surface area contributed by atoms with Crippen LogP contribution < -0.4 is 0 Å². The van der Waals surface area contributed by atoms with E-state index in [4.69, 9.17) is 10.3 Å². The molecular weight excluding hydrogens is 182 g/mol. The first-order valence-electron chi connectivity index (χ1n) is 4.83. The topological polar surface area (TPSA) is 75.1 Å². The Hall–Kier alpha value is -1.22. The molecule has 5 nitrogen and oxygen atoms in total. The van der Waals surface area contributed by atoms with Gasteiger partial charge in [-0.3, -0.25) is 4.79 Å². The Morgan fingerprint density at radius 3 is 2.79 bits per heavy atom. The maximum absolute atomic E-state index is 10.8. The monoisotopic (exact) mass is 197 g/mol. The molecule has 0 spiro atoms. The van der Waals surface area contributed by atoms with Gasteiger partial charge in [0.25, 0.3) is 0 Å².